The summed E-state index contributed by atoms with van der Waals surface area (Å²) in [6, 6.07) is 9.41. The summed E-state index contributed by atoms with van der Waals surface area (Å²) in [6.07, 6.45) is -4.64. The van der Waals surface area contributed by atoms with Crippen LogP contribution < -0.4 is 11.0 Å². The van der Waals surface area contributed by atoms with Crippen LogP contribution in [0.3, 0.4) is 0 Å². The maximum Gasteiger partial charge on any atom is 0.416 e. The van der Waals surface area contributed by atoms with Crippen molar-refractivity contribution in [3.8, 4) is 0 Å². The standard InChI is InChI=1S/C16H12F3N3O2/c17-16(18,19)10-3-1-2-9(6-10)7-14(23)20-11-4-5-12-13(8-11)22-15(24)21-12/h1-6,8H,7H2,(H,20,23)(H2,21,22,24). The van der Waals surface area contributed by atoms with E-state index in [1.165, 1.54) is 12.1 Å². The first-order valence-corrected chi connectivity index (χ1v) is 6.99. The highest BCUT2D eigenvalue weighted by Gasteiger charge is 2.30. The number of imidazole rings is 1. The second kappa shape index (κ2) is 5.88. The van der Waals surface area contributed by atoms with E-state index < -0.39 is 17.6 Å². The third-order valence-electron chi connectivity index (χ3n) is 3.42. The van der Waals surface area contributed by atoms with Crippen LogP contribution in [0.15, 0.2) is 47.3 Å². The molecule has 0 saturated carbocycles. The van der Waals surface area contributed by atoms with E-state index in [0.29, 0.717) is 16.7 Å². The minimum absolute atomic E-state index is 0.189. The van der Waals surface area contributed by atoms with Crippen LogP contribution in [-0.2, 0) is 17.4 Å². The zero-order valence-corrected chi connectivity index (χ0v) is 12.2. The molecule has 3 aromatic rings. The Hall–Kier alpha value is -3.03. The van der Waals surface area contributed by atoms with Crippen LogP contribution in [0.4, 0.5) is 18.9 Å². The van der Waals surface area contributed by atoms with Crippen molar-refractivity contribution in [2.75, 3.05) is 5.32 Å². The number of fused-ring (bicyclic) bond motifs is 1. The number of hydrogen-bond donors (Lipinski definition) is 3. The summed E-state index contributed by atoms with van der Waals surface area (Å²) in [5, 5.41) is 2.59. The lowest BCUT2D eigenvalue weighted by atomic mass is 10.1. The Labute approximate surface area is 133 Å². The van der Waals surface area contributed by atoms with E-state index in [-0.39, 0.29) is 17.7 Å². The van der Waals surface area contributed by atoms with Gasteiger partial charge in [-0.05, 0) is 29.8 Å². The number of halogens is 3. The lowest BCUT2D eigenvalue weighted by Gasteiger charge is -2.09. The van der Waals surface area contributed by atoms with Crippen molar-refractivity contribution < 1.29 is 18.0 Å². The fourth-order valence-corrected chi connectivity index (χ4v) is 2.36. The molecule has 1 heterocycles. The van der Waals surface area contributed by atoms with Crippen LogP contribution in [-0.4, -0.2) is 15.9 Å². The van der Waals surface area contributed by atoms with Gasteiger partial charge in [0.1, 0.15) is 0 Å². The molecule has 0 bridgehead atoms. The van der Waals surface area contributed by atoms with Crippen LogP contribution in [0, 0.1) is 0 Å². The molecule has 0 aliphatic heterocycles. The van der Waals surface area contributed by atoms with Crippen LogP contribution in [0.25, 0.3) is 11.0 Å². The van der Waals surface area contributed by atoms with E-state index in [4.69, 9.17) is 0 Å². The summed E-state index contributed by atoms with van der Waals surface area (Å²) >= 11 is 0. The quantitative estimate of drug-likeness (QED) is 0.688. The van der Waals surface area contributed by atoms with Crippen molar-refractivity contribution >= 4 is 22.6 Å². The first-order valence-electron chi connectivity index (χ1n) is 6.99. The number of rotatable bonds is 3. The summed E-state index contributed by atoms with van der Waals surface area (Å²) in [4.78, 5) is 28.3. The fourth-order valence-electron chi connectivity index (χ4n) is 2.36. The Morgan fingerprint density at radius 1 is 1.04 bits per heavy atom. The lowest BCUT2D eigenvalue weighted by Crippen LogP contribution is -2.15. The van der Waals surface area contributed by atoms with Crippen LogP contribution in [0.2, 0.25) is 0 Å². The zero-order valence-electron chi connectivity index (χ0n) is 12.2. The molecule has 2 aromatic carbocycles. The average Bonchev–Trinajstić information content (AvgIpc) is 2.86. The third kappa shape index (κ3) is 3.48. The van der Waals surface area contributed by atoms with Gasteiger partial charge in [0.25, 0.3) is 0 Å². The normalized spacial score (nSPS) is 11.6. The number of amides is 1. The number of benzene rings is 2. The maximum absolute atomic E-state index is 12.7. The molecular formula is C16H12F3N3O2. The first-order chi connectivity index (χ1) is 11.3. The molecule has 0 spiro atoms. The molecule has 3 N–H and O–H groups in total. The summed E-state index contributed by atoms with van der Waals surface area (Å²) in [6.45, 7) is 0. The van der Waals surface area contributed by atoms with Crippen molar-refractivity contribution in [3.05, 3.63) is 64.1 Å². The van der Waals surface area contributed by atoms with Crippen molar-refractivity contribution in [3.63, 3.8) is 0 Å². The molecule has 3 rings (SSSR count). The molecule has 0 fully saturated rings. The third-order valence-corrected chi connectivity index (χ3v) is 3.42. The number of anilines is 1. The second-order valence-corrected chi connectivity index (χ2v) is 5.26. The molecule has 0 aliphatic rings. The maximum atomic E-state index is 12.7. The number of carbonyl (C=O) groups is 1. The molecule has 1 aromatic heterocycles. The van der Waals surface area contributed by atoms with E-state index in [9.17, 15) is 22.8 Å². The van der Waals surface area contributed by atoms with Gasteiger partial charge in [0, 0.05) is 5.69 Å². The van der Waals surface area contributed by atoms with Gasteiger partial charge >= 0.3 is 11.9 Å². The van der Waals surface area contributed by atoms with Gasteiger partial charge < -0.3 is 15.3 Å². The van der Waals surface area contributed by atoms with Crippen molar-refractivity contribution in [2.45, 2.75) is 12.6 Å². The van der Waals surface area contributed by atoms with E-state index in [1.54, 1.807) is 18.2 Å². The van der Waals surface area contributed by atoms with Crippen molar-refractivity contribution in [1.82, 2.24) is 9.97 Å². The molecule has 24 heavy (non-hydrogen) atoms. The second-order valence-electron chi connectivity index (χ2n) is 5.26. The minimum Gasteiger partial charge on any atom is -0.326 e. The molecule has 0 atom stereocenters. The van der Waals surface area contributed by atoms with Gasteiger partial charge in [-0.15, -0.1) is 0 Å². The smallest absolute Gasteiger partial charge is 0.326 e. The molecule has 0 saturated heterocycles. The molecule has 0 aliphatic carbocycles. The largest absolute Gasteiger partial charge is 0.416 e. The number of alkyl halides is 3. The van der Waals surface area contributed by atoms with E-state index in [1.807, 2.05) is 0 Å². The number of H-pyrrole nitrogens is 2. The fraction of sp³-hybridized carbons (Fsp3) is 0.125. The van der Waals surface area contributed by atoms with E-state index in [0.717, 1.165) is 12.1 Å². The summed E-state index contributed by atoms with van der Waals surface area (Å²) in [7, 11) is 0. The Kier molecular flexibility index (Phi) is 3.88. The highest BCUT2D eigenvalue weighted by Crippen LogP contribution is 2.29. The molecule has 8 heteroatoms. The SMILES string of the molecule is O=C(Cc1cccc(C(F)(F)F)c1)Nc1ccc2[nH]c(=O)[nH]c2c1. The van der Waals surface area contributed by atoms with E-state index in [2.05, 4.69) is 15.3 Å². The number of hydrogen-bond acceptors (Lipinski definition) is 2. The van der Waals surface area contributed by atoms with Crippen LogP contribution >= 0.6 is 0 Å². The van der Waals surface area contributed by atoms with Gasteiger partial charge in [-0.2, -0.15) is 13.2 Å². The number of aromatic nitrogens is 2. The van der Waals surface area contributed by atoms with Crippen molar-refractivity contribution in [1.29, 1.82) is 0 Å². The van der Waals surface area contributed by atoms with E-state index >= 15 is 0 Å². The summed E-state index contributed by atoms with van der Waals surface area (Å²) in [5.74, 6) is -0.452. The first kappa shape index (κ1) is 15.9. The Morgan fingerprint density at radius 3 is 2.54 bits per heavy atom. The average molecular weight is 335 g/mol. The van der Waals surface area contributed by atoms with Gasteiger partial charge in [0.05, 0.1) is 23.0 Å². The van der Waals surface area contributed by atoms with Gasteiger partial charge in [-0.25, -0.2) is 4.79 Å². The molecule has 5 nitrogen and oxygen atoms in total. The van der Waals surface area contributed by atoms with Crippen molar-refractivity contribution in [2.24, 2.45) is 0 Å². The minimum atomic E-state index is -4.45. The summed E-state index contributed by atoms with van der Waals surface area (Å²) in [5.41, 5.74) is 0.664. The number of nitrogens with one attached hydrogen (secondary N) is 3. The van der Waals surface area contributed by atoms with Gasteiger partial charge in [0.2, 0.25) is 5.91 Å². The predicted octanol–water partition coefficient (Wildman–Crippen LogP) is 3.06. The molecular weight excluding hydrogens is 323 g/mol. The monoisotopic (exact) mass is 335 g/mol. The zero-order chi connectivity index (χ0) is 17.3. The summed E-state index contributed by atoms with van der Waals surface area (Å²) < 4.78 is 38.0. The number of aromatic amines is 2. The molecule has 0 unspecified atom stereocenters. The highest BCUT2D eigenvalue weighted by molar-refractivity contribution is 5.94. The van der Waals surface area contributed by atoms with Gasteiger partial charge in [-0.3, -0.25) is 4.79 Å². The predicted molar refractivity (Wildman–Crippen MR) is 82.7 cm³/mol. The Balaban J connectivity index is 1.74. The molecule has 1 amide bonds. The van der Waals surface area contributed by atoms with Crippen LogP contribution in [0.5, 0.6) is 0 Å². The van der Waals surface area contributed by atoms with Gasteiger partial charge in [-0.1, -0.05) is 18.2 Å². The Morgan fingerprint density at radius 2 is 1.79 bits per heavy atom. The van der Waals surface area contributed by atoms with Gasteiger partial charge in [0.15, 0.2) is 0 Å². The van der Waals surface area contributed by atoms with Crippen LogP contribution in [0.1, 0.15) is 11.1 Å². The lowest BCUT2D eigenvalue weighted by molar-refractivity contribution is -0.137. The molecule has 124 valence electrons. The highest BCUT2D eigenvalue weighted by atomic mass is 19.4. The topological polar surface area (TPSA) is 77.8 Å². The Bertz CT molecular complexity index is 957. The molecule has 0 radical (unpaired) electrons. The number of carbonyl (C=O) groups excluding carboxylic acids is 1.